The molecule has 78 valence electrons. The molecular weight excluding hydrogens is 245 g/mol. The van der Waals surface area contributed by atoms with Crippen LogP contribution in [0.1, 0.15) is 6.92 Å². The maximum Gasteiger partial charge on any atom is 0.242 e. The first kappa shape index (κ1) is 11.8. The van der Waals surface area contributed by atoms with E-state index in [0.29, 0.717) is 6.54 Å². The molecule has 6 heteroatoms. The molecule has 0 amide bonds. The molecule has 1 N–H and O–H groups in total. The van der Waals surface area contributed by atoms with Crippen LogP contribution in [0.4, 0.5) is 0 Å². The van der Waals surface area contributed by atoms with E-state index in [0.717, 1.165) is 0 Å². The molecule has 0 unspecified atom stereocenters. The van der Waals surface area contributed by atoms with Gasteiger partial charge in [0, 0.05) is 6.54 Å². The van der Waals surface area contributed by atoms with Gasteiger partial charge in [0.2, 0.25) is 10.0 Å². The minimum Gasteiger partial charge on any atom is -0.211 e. The molecule has 0 radical (unpaired) electrons. The van der Waals surface area contributed by atoms with Crippen LogP contribution in [0, 0.1) is 0 Å². The maximum atomic E-state index is 11.6. The van der Waals surface area contributed by atoms with E-state index in [1.54, 1.807) is 13.0 Å². The Balaban J connectivity index is 3.27. The molecule has 0 saturated carbocycles. The summed E-state index contributed by atoms with van der Waals surface area (Å²) in [4.78, 5) is 0.00789. The molecule has 1 rings (SSSR count). The van der Waals surface area contributed by atoms with Gasteiger partial charge in [0.1, 0.15) is 4.90 Å². The van der Waals surface area contributed by atoms with Gasteiger partial charge >= 0.3 is 0 Å². The number of hydrogen-bond donors (Lipinski definition) is 1. The molecule has 3 nitrogen and oxygen atoms in total. The summed E-state index contributed by atoms with van der Waals surface area (Å²) < 4.78 is 25.4. The highest BCUT2D eigenvalue weighted by atomic mass is 35.5. The predicted molar refractivity (Wildman–Crippen MR) is 57.3 cm³/mol. The minimum absolute atomic E-state index is 0.00789. The fraction of sp³-hybridized carbons (Fsp3) is 0.250. The molecule has 1 aromatic carbocycles. The van der Waals surface area contributed by atoms with Gasteiger partial charge in [-0.15, -0.1) is 0 Å². The van der Waals surface area contributed by atoms with E-state index in [9.17, 15) is 8.42 Å². The summed E-state index contributed by atoms with van der Waals surface area (Å²) in [7, 11) is -3.53. The number of hydrogen-bond acceptors (Lipinski definition) is 2. The molecule has 1 aromatic rings. The van der Waals surface area contributed by atoms with Crippen LogP contribution in [0.2, 0.25) is 10.0 Å². The third kappa shape index (κ3) is 2.39. The summed E-state index contributed by atoms with van der Waals surface area (Å²) in [6.45, 7) is 2.00. The highest BCUT2D eigenvalue weighted by Gasteiger charge is 2.17. The van der Waals surface area contributed by atoms with E-state index >= 15 is 0 Å². The van der Waals surface area contributed by atoms with Crippen LogP contribution >= 0.6 is 23.2 Å². The lowest BCUT2D eigenvalue weighted by molar-refractivity contribution is 0.584. The number of halogens is 2. The van der Waals surface area contributed by atoms with Gasteiger partial charge in [-0.25, -0.2) is 13.1 Å². The average molecular weight is 254 g/mol. The Morgan fingerprint density at radius 2 is 2.00 bits per heavy atom. The largest absolute Gasteiger partial charge is 0.242 e. The summed E-state index contributed by atoms with van der Waals surface area (Å²) in [6, 6.07) is 4.49. The third-order valence-corrected chi connectivity index (χ3v) is 4.06. The second kappa shape index (κ2) is 4.49. The first-order chi connectivity index (χ1) is 6.49. The molecule has 0 bridgehead atoms. The van der Waals surface area contributed by atoms with E-state index in [2.05, 4.69) is 4.72 Å². The van der Waals surface area contributed by atoms with Crippen LogP contribution in [0.5, 0.6) is 0 Å². The lowest BCUT2D eigenvalue weighted by atomic mass is 10.4. The van der Waals surface area contributed by atoms with Crippen molar-refractivity contribution >= 4 is 33.2 Å². The summed E-state index contributed by atoms with van der Waals surface area (Å²) in [6.07, 6.45) is 0. The summed E-state index contributed by atoms with van der Waals surface area (Å²) in [5, 5.41) is 0.278. The smallest absolute Gasteiger partial charge is 0.211 e. The SMILES string of the molecule is CCNS(=O)(=O)c1cccc(Cl)c1Cl. The highest BCUT2D eigenvalue weighted by molar-refractivity contribution is 7.89. The van der Waals surface area contributed by atoms with Crippen molar-refractivity contribution < 1.29 is 8.42 Å². The fourth-order valence-corrected chi connectivity index (χ4v) is 2.76. The normalized spacial score (nSPS) is 11.6. The molecule has 0 spiro atoms. The van der Waals surface area contributed by atoms with Crippen LogP contribution in [0.25, 0.3) is 0 Å². The third-order valence-electron chi connectivity index (χ3n) is 1.54. The van der Waals surface area contributed by atoms with Crippen molar-refractivity contribution in [2.24, 2.45) is 0 Å². The topological polar surface area (TPSA) is 46.2 Å². The minimum atomic E-state index is -3.53. The molecule has 0 aromatic heterocycles. The monoisotopic (exact) mass is 253 g/mol. The second-order valence-corrected chi connectivity index (χ2v) is 5.07. The lowest BCUT2D eigenvalue weighted by Crippen LogP contribution is -2.23. The van der Waals surface area contributed by atoms with E-state index in [1.165, 1.54) is 12.1 Å². The summed E-state index contributed by atoms with van der Waals surface area (Å²) >= 11 is 11.5. The zero-order chi connectivity index (χ0) is 10.8. The standard InChI is InChI=1S/C8H9Cl2NO2S/c1-2-11-14(12,13)7-5-3-4-6(9)8(7)10/h3-5,11H,2H2,1H3. The number of sulfonamides is 1. The van der Waals surface area contributed by atoms with Gasteiger partial charge in [-0.05, 0) is 12.1 Å². The van der Waals surface area contributed by atoms with E-state index in [1.807, 2.05) is 0 Å². The molecule has 0 aliphatic heterocycles. The van der Waals surface area contributed by atoms with Crippen LogP contribution < -0.4 is 4.72 Å². The summed E-state index contributed by atoms with van der Waals surface area (Å²) in [5.41, 5.74) is 0. The van der Waals surface area contributed by atoms with Crippen molar-refractivity contribution in [3.8, 4) is 0 Å². The predicted octanol–water partition coefficient (Wildman–Crippen LogP) is 2.29. The van der Waals surface area contributed by atoms with Crippen LogP contribution in [-0.2, 0) is 10.0 Å². The molecule has 0 atom stereocenters. The fourth-order valence-electron chi connectivity index (χ4n) is 0.959. The van der Waals surface area contributed by atoms with Gasteiger partial charge in [0.05, 0.1) is 10.0 Å². The van der Waals surface area contributed by atoms with Gasteiger partial charge in [0.25, 0.3) is 0 Å². The lowest BCUT2D eigenvalue weighted by Gasteiger charge is -2.06. The maximum absolute atomic E-state index is 11.6. The van der Waals surface area contributed by atoms with E-state index < -0.39 is 10.0 Å². The first-order valence-electron chi connectivity index (χ1n) is 3.92. The van der Waals surface area contributed by atoms with E-state index in [4.69, 9.17) is 23.2 Å². The van der Waals surface area contributed by atoms with Gasteiger partial charge in [-0.2, -0.15) is 0 Å². The summed E-state index contributed by atoms with van der Waals surface area (Å²) in [5.74, 6) is 0. The van der Waals surface area contributed by atoms with Gasteiger partial charge in [-0.3, -0.25) is 0 Å². The van der Waals surface area contributed by atoms with Crippen LogP contribution in [0.3, 0.4) is 0 Å². The van der Waals surface area contributed by atoms with Crippen molar-refractivity contribution in [2.45, 2.75) is 11.8 Å². The van der Waals surface area contributed by atoms with Crippen LogP contribution in [-0.4, -0.2) is 15.0 Å². The zero-order valence-electron chi connectivity index (χ0n) is 7.42. The Hall–Kier alpha value is -0.290. The average Bonchev–Trinajstić information content (AvgIpc) is 2.09. The molecule has 0 fully saturated rings. The van der Waals surface area contributed by atoms with Crippen LogP contribution in [0.15, 0.2) is 23.1 Å². The van der Waals surface area contributed by atoms with Crippen molar-refractivity contribution in [1.82, 2.24) is 4.72 Å². The molecule has 14 heavy (non-hydrogen) atoms. The van der Waals surface area contributed by atoms with Crippen molar-refractivity contribution in [2.75, 3.05) is 6.54 Å². The van der Waals surface area contributed by atoms with E-state index in [-0.39, 0.29) is 14.9 Å². The van der Waals surface area contributed by atoms with Crippen molar-refractivity contribution in [3.05, 3.63) is 28.2 Å². The number of nitrogens with one attached hydrogen (secondary N) is 1. The molecule has 0 aliphatic rings. The first-order valence-corrected chi connectivity index (χ1v) is 6.16. The molecule has 0 heterocycles. The Labute approximate surface area is 93.1 Å². The second-order valence-electron chi connectivity index (χ2n) is 2.55. The Bertz CT molecular complexity index is 431. The zero-order valence-corrected chi connectivity index (χ0v) is 9.75. The Morgan fingerprint density at radius 1 is 1.36 bits per heavy atom. The Morgan fingerprint density at radius 3 is 2.57 bits per heavy atom. The van der Waals surface area contributed by atoms with Gasteiger partial charge < -0.3 is 0 Å². The van der Waals surface area contributed by atoms with Crippen molar-refractivity contribution in [1.29, 1.82) is 0 Å². The quantitative estimate of drug-likeness (QED) is 0.899. The highest BCUT2D eigenvalue weighted by Crippen LogP contribution is 2.28. The molecule has 0 aliphatic carbocycles. The van der Waals surface area contributed by atoms with Crippen molar-refractivity contribution in [3.63, 3.8) is 0 Å². The van der Waals surface area contributed by atoms with Gasteiger partial charge in [0.15, 0.2) is 0 Å². The number of rotatable bonds is 3. The number of benzene rings is 1. The Kier molecular flexibility index (Phi) is 3.78. The molecule has 0 saturated heterocycles. The van der Waals surface area contributed by atoms with Gasteiger partial charge in [-0.1, -0.05) is 36.2 Å². The molecular formula is C8H9Cl2NO2S.